The van der Waals surface area contributed by atoms with Gasteiger partial charge in [-0.2, -0.15) is 0 Å². The van der Waals surface area contributed by atoms with Crippen molar-refractivity contribution in [1.82, 2.24) is 5.32 Å². The van der Waals surface area contributed by atoms with Gasteiger partial charge in [-0.15, -0.1) is 0 Å². The smallest absolute Gasteiger partial charge is 0.336 e. The van der Waals surface area contributed by atoms with Gasteiger partial charge in [-0.05, 0) is 32.2 Å². The Morgan fingerprint density at radius 1 is 1.57 bits per heavy atom. The predicted octanol–water partition coefficient (Wildman–Crippen LogP) is -0.817. The van der Waals surface area contributed by atoms with Crippen molar-refractivity contribution >= 4 is 5.97 Å². The Morgan fingerprint density at radius 3 is 2.57 bits per heavy atom. The van der Waals surface area contributed by atoms with Crippen LogP contribution < -0.4 is 5.32 Å². The molecule has 0 aromatic rings. The molecule has 0 bridgehead atoms. The van der Waals surface area contributed by atoms with Gasteiger partial charge >= 0.3 is 5.97 Å². The molecular formula is C9H17NO4. The Balaban J connectivity index is 2.12. The molecule has 0 radical (unpaired) electrons. The highest BCUT2D eigenvalue weighted by Gasteiger charge is 2.31. The van der Waals surface area contributed by atoms with E-state index in [0.717, 1.165) is 12.8 Å². The summed E-state index contributed by atoms with van der Waals surface area (Å²) in [6.07, 6.45) is 1.34. The molecule has 1 atom stereocenters. The van der Waals surface area contributed by atoms with Gasteiger partial charge in [0.05, 0.1) is 6.10 Å². The van der Waals surface area contributed by atoms with Crippen LogP contribution in [0.1, 0.15) is 19.8 Å². The van der Waals surface area contributed by atoms with E-state index in [0.29, 0.717) is 12.5 Å². The SMILES string of the molecule is CC(O)(CNCC1CC(O)C1)C(=O)O. The lowest BCUT2D eigenvalue weighted by Crippen LogP contribution is -2.47. The van der Waals surface area contributed by atoms with Gasteiger partial charge < -0.3 is 20.6 Å². The van der Waals surface area contributed by atoms with Gasteiger partial charge in [-0.25, -0.2) is 4.79 Å². The van der Waals surface area contributed by atoms with Crippen LogP contribution in [-0.2, 0) is 4.79 Å². The number of carboxylic acid groups (broad SMARTS) is 1. The molecule has 5 heteroatoms. The van der Waals surface area contributed by atoms with Crippen LogP contribution in [-0.4, -0.2) is 46.1 Å². The molecule has 1 rings (SSSR count). The second-order valence-electron chi connectivity index (χ2n) is 4.20. The molecule has 0 aromatic heterocycles. The van der Waals surface area contributed by atoms with E-state index in [1.165, 1.54) is 6.92 Å². The number of nitrogens with one attached hydrogen (secondary N) is 1. The Morgan fingerprint density at radius 2 is 2.14 bits per heavy atom. The van der Waals surface area contributed by atoms with Crippen LogP contribution in [0.25, 0.3) is 0 Å². The van der Waals surface area contributed by atoms with Crippen molar-refractivity contribution in [2.45, 2.75) is 31.5 Å². The van der Waals surface area contributed by atoms with Crippen molar-refractivity contribution in [1.29, 1.82) is 0 Å². The first-order valence-corrected chi connectivity index (χ1v) is 4.76. The van der Waals surface area contributed by atoms with E-state index in [4.69, 9.17) is 10.2 Å². The maximum absolute atomic E-state index is 10.5. The number of aliphatic hydroxyl groups is 2. The summed E-state index contributed by atoms with van der Waals surface area (Å²) in [4.78, 5) is 10.5. The van der Waals surface area contributed by atoms with Gasteiger partial charge in [0.1, 0.15) is 0 Å². The van der Waals surface area contributed by atoms with E-state index in [9.17, 15) is 9.90 Å². The monoisotopic (exact) mass is 203 g/mol. The molecule has 82 valence electrons. The summed E-state index contributed by atoms with van der Waals surface area (Å²) in [6.45, 7) is 1.95. The molecule has 0 saturated heterocycles. The fraction of sp³-hybridized carbons (Fsp3) is 0.889. The van der Waals surface area contributed by atoms with Crippen molar-refractivity contribution in [2.75, 3.05) is 13.1 Å². The van der Waals surface area contributed by atoms with Crippen molar-refractivity contribution in [3.8, 4) is 0 Å². The first-order valence-electron chi connectivity index (χ1n) is 4.76. The fourth-order valence-electron chi connectivity index (χ4n) is 1.46. The minimum Gasteiger partial charge on any atom is -0.479 e. The largest absolute Gasteiger partial charge is 0.479 e. The minimum atomic E-state index is -1.71. The molecule has 0 amide bonds. The molecule has 1 aliphatic rings. The van der Waals surface area contributed by atoms with Crippen LogP contribution in [0, 0.1) is 5.92 Å². The summed E-state index contributed by atoms with van der Waals surface area (Å²) in [5, 5.41) is 29.8. The molecular weight excluding hydrogens is 186 g/mol. The molecule has 1 aliphatic carbocycles. The van der Waals surface area contributed by atoms with Crippen molar-refractivity contribution in [3.05, 3.63) is 0 Å². The van der Waals surface area contributed by atoms with Crippen LogP contribution in [0.5, 0.6) is 0 Å². The zero-order valence-electron chi connectivity index (χ0n) is 8.23. The highest BCUT2D eigenvalue weighted by atomic mass is 16.4. The Kier molecular flexibility index (Phi) is 3.47. The number of aliphatic hydroxyl groups excluding tert-OH is 1. The lowest BCUT2D eigenvalue weighted by Gasteiger charge is -2.32. The molecule has 1 fully saturated rings. The van der Waals surface area contributed by atoms with Crippen LogP contribution in [0.4, 0.5) is 0 Å². The molecule has 0 aliphatic heterocycles. The van der Waals surface area contributed by atoms with Crippen LogP contribution in [0.15, 0.2) is 0 Å². The lowest BCUT2D eigenvalue weighted by atomic mass is 9.82. The third kappa shape index (κ3) is 2.94. The molecule has 14 heavy (non-hydrogen) atoms. The van der Waals surface area contributed by atoms with Crippen LogP contribution >= 0.6 is 0 Å². The van der Waals surface area contributed by atoms with E-state index >= 15 is 0 Å². The molecule has 0 heterocycles. The summed E-state index contributed by atoms with van der Waals surface area (Å²) in [5.41, 5.74) is -1.71. The maximum Gasteiger partial charge on any atom is 0.336 e. The summed E-state index contributed by atoms with van der Waals surface area (Å²) < 4.78 is 0. The van der Waals surface area contributed by atoms with Crippen molar-refractivity contribution in [3.63, 3.8) is 0 Å². The zero-order chi connectivity index (χ0) is 10.8. The van der Waals surface area contributed by atoms with Gasteiger partial charge in [-0.1, -0.05) is 0 Å². The Bertz CT molecular complexity index is 211. The number of carboxylic acids is 1. The van der Waals surface area contributed by atoms with E-state index < -0.39 is 11.6 Å². The average Bonchev–Trinajstić information content (AvgIpc) is 2.00. The van der Waals surface area contributed by atoms with Crippen molar-refractivity contribution in [2.24, 2.45) is 5.92 Å². The molecule has 5 nitrogen and oxygen atoms in total. The summed E-state index contributed by atoms with van der Waals surface area (Å²) in [7, 11) is 0. The summed E-state index contributed by atoms with van der Waals surface area (Å²) in [5.74, 6) is -0.812. The second kappa shape index (κ2) is 4.25. The van der Waals surface area contributed by atoms with E-state index in [2.05, 4.69) is 5.32 Å². The van der Waals surface area contributed by atoms with Gasteiger partial charge in [0, 0.05) is 6.54 Å². The molecule has 4 N–H and O–H groups in total. The van der Waals surface area contributed by atoms with Gasteiger partial charge in [0.25, 0.3) is 0 Å². The minimum absolute atomic E-state index is 0.0366. The fourth-order valence-corrected chi connectivity index (χ4v) is 1.46. The topological polar surface area (TPSA) is 89.8 Å². The van der Waals surface area contributed by atoms with E-state index in [1.54, 1.807) is 0 Å². The molecule has 1 unspecified atom stereocenters. The van der Waals surface area contributed by atoms with Crippen LogP contribution in [0.2, 0.25) is 0 Å². The first-order chi connectivity index (χ1) is 6.42. The summed E-state index contributed by atoms with van der Waals surface area (Å²) >= 11 is 0. The van der Waals surface area contributed by atoms with E-state index in [-0.39, 0.29) is 12.6 Å². The standard InChI is InChI=1S/C9H17NO4/c1-9(14,8(12)13)5-10-4-6-2-7(11)3-6/h6-7,10-11,14H,2-5H2,1H3,(H,12,13). The lowest BCUT2D eigenvalue weighted by molar-refractivity contribution is -0.156. The first kappa shape index (κ1) is 11.4. The molecule has 0 spiro atoms. The molecule has 1 saturated carbocycles. The second-order valence-corrected chi connectivity index (χ2v) is 4.20. The highest BCUT2D eigenvalue weighted by molar-refractivity contribution is 5.76. The third-order valence-electron chi connectivity index (χ3n) is 2.57. The quantitative estimate of drug-likeness (QED) is 0.469. The average molecular weight is 203 g/mol. The third-order valence-corrected chi connectivity index (χ3v) is 2.57. The normalized spacial score (nSPS) is 30.5. The number of carbonyl (C=O) groups is 1. The highest BCUT2D eigenvalue weighted by Crippen LogP contribution is 2.26. The van der Waals surface area contributed by atoms with E-state index in [1.807, 2.05) is 0 Å². The van der Waals surface area contributed by atoms with Crippen molar-refractivity contribution < 1.29 is 20.1 Å². The number of hydrogen-bond acceptors (Lipinski definition) is 4. The summed E-state index contributed by atoms with van der Waals surface area (Å²) in [6, 6.07) is 0. The van der Waals surface area contributed by atoms with Crippen LogP contribution in [0.3, 0.4) is 0 Å². The predicted molar refractivity (Wildman–Crippen MR) is 49.9 cm³/mol. The number of hydrogen-bond donors (Lipinski definition) is 4. The Labute approximate surface area is 82.7 Å². The van der Waals surface area contributed by atoms with Gasteiger partial charge in [0.15, 0.2) is 5.60 Å². The maximum atomic E-state index is 10.5. The molecule has 0 aromatic carbocycles. The zero-order valence-corrected chi connectivity index (χ0v) is 8.23. The van der Waals surface area contributed by atoms with Gasteiger partial charge in [-0.3, -0.25) is 0 Å². The Hall–Kier alpha value is -0.650. The number of rotatable bonds is 5. The van der Waals surface area contributed by atoms with Gasteiger partial charge in [0.2, 0.25) is 0 Å². The number of aliphatic carboxylic acids is 1.